The van der Waals surface area contributed by atoms with E-state index in [2.05, 4.69) is 27.8 Å². The molecule has 5 heteroatoms. The fourth-order valence-corrected chi connectivity index (χ4v) is 3.47. The highest BCUT2D eigenvalue weighted by Gasteiger charge is 2.24. The molecule has 4 nitrogen and oxygen atoms in total. The fourth-order valence-electron chi connectivity index (χ4n) is 3.02. The first-order valence-electron chi connectivity index (χ1n) is 7.27. The Bertz CT molecular complexity index is 477. The highest BCUT2D eigenvalue weighted by molar-refractivity contribution is 9.08. The average molecular weight is 341 g/mol. The third-order valence-electron chi connectivity index (χ3n) is 3.98. The lowest BCUT2D eigenvalue weighted by Crippen LogP contribution is -2.40. The maximum absolute atomic E-state index is 10.9. The Morgan fingerprint density at radius 2 is 2.25 bits per heavy atom. The Labute approximate surface area is 128 Å². The third kappa shape index (κ3) is 3.32. The van der Waals surface area contributed by atoms with Crippen molar-refractivity contribution in [3.05, 3.63) is 33.9 Å². The Balaban J connectivity index is 2.31. The summed E-state index contributed by atoms with van der Waals surface area (Å²) in [5, 5.41) is 11.6. The van der Waals surface area contributed by atoms with Crippen molar-refractivity contribution in [2.24, 2.45) is 0 Å². The van der Waals surface area contributed by atoms with E-state index in [1.807, 2.05) is 6.07 Å². The van der Waals surface area contributed by atoms with Crippen molar-refractivity contribution in [1.29, 1.82) is 0 Å². The summed E-state index contributed by atoms with van der Waals surface area (Å²) in [5.74, 6) is 0. The maximum Gasteiger partial charge on any atom is 0.269 e. The summed E-state index contributed by atoms with van der Waals surface area (Å²) in [6.45, 7) is 3.27. The van der Waals surface area contributed by atoms with Gasteiger partial charge in [-0.2, -0.15) is 0 Å². The van der Waals surface area contributed by atoms with Crippen LogP contribution in [0.25, 0.3) is 0 Å². The molecule has 0 bridgehead atoms. The molecule has 0 amide bonds. The topological polar surface area (TPSA) is 46.4 Å². The second-order valence-corrected chi connectivity index (χ2v) is 5.90. The van der Waals surface area contributed by atoms with Gasteiger partial charge in [0, 0.05) is 35.7 Å². The van der Waals surface area contributed by atoms with E-state index >= 15 is 0 Å². The van der Waals surface area contributed by atoms with E-state index in [1.54, 1.807) is 12.1 Å². The Kier molecular flexibility index (Phi) is 5.40. The zero-order chi connectivity index (χ0) is 14.5. The second kappa shape index (κ2) is 7.07. The molecule has 1 aliphatic rings. The van der Waals surface area contributed by atoms with Crippen molar-refractivity contribution in [3.8, 4) is 0 Å². The van der Waals surface area contributed by atoms with Crippen LogP contribution in [0.4, 0.5) is 11.4 Å². The molecule has 1 saturated heterocycles. The van der Waals surface area contributed by atoms with Gasteiger partial charge in [-0.3, -0.25) is 10.1 Å². The highest BCUT2D eigenvalue weighted by atomic mass is 79.9. The standard InChI is InChI=1S/C15H21BrN2O2/c1-2-5-13-6-3-4-9-17(13)15-8-7-14(18(19)20)10-12(15)11-16/h7-8,10,13H,2-6,9,11H2,1H3. The smallest absolute Gasteiger partial charge is 0.269 e. The highest BCUT2D eigenvalue weighted by Crippen LogP contribution is 2.33. The SMILES string of the molecule is CCCC1CCCCN1c1ccc([N+](=O)[O-])cc1CBr. The van der Waals surface area contributed by atoms with E-state index < -0.39 is 0 Å². The second-order valence-electron chi connectivity index (χ2n) is 5.34. The summed E-state index contributed by atoms with van der Waals surface area (Å²) in [6.07, 6.45) is 6.10. The number of benzene rings is 1. The van der Waals surface area contributed by atoms with Crippen LogP contribution in [-0.2, 0) is 5.33 Å². The lowest BCUT2D eigenvalue weighted by Gasteiger charge is -2.38. The number of hydrogen-bond donors (Lipinski definition) is 0. The Hall–Kier alpha value is -1.10. The average Bonchev–Trinajstić information content (AvgIpc) is 2.47. The van der Waals surface area contributed by atoms with Gasteiger partial charge in [0.25, 0.3) is 5.69 Å². The van der Waals surface area contributed by atoms with Crippen LogP contribution >= 0.6 is 15.9 Å². The first kappa shape index (κ1) is 15.3. The van der Waals surface area contributed by atoms with Gasteiger partial charge in [0.15, 0.2) is 0 Å². The van der Waals surface area contributed by atoms with Gasteiger partial charge >= 0.3 is 0 Å². The van der Waals surface area contributed by atoms with Crippen molar-refractivity contribution < 1.29 is 4.92 Å². The molecule has 1 aliphatic heterocycles. The lowest BCUT2D eigenvalue weighted by molar-refractivity contribution is -0.384. The van der Waals surface area contributed by atoms with Crippen LogP contribution in [0.2, 0.25) is 0 Å². The molecule has 1 aromatic carbocycles. The van der Waals surface area contributed by atoms with Crippen molar-refractivity contribution in [3.63, 3.8) is 0 Å². The number of piperidine rings is 1. The first-order chi connectivity index (χ1) is 9.67. The van der Waals surface area contributed by atoms with Crippen molar-refractivity contribution >= 4 is 27.3 Å². The minimum absolute atomic E-state index is 0.173. The molecule has 20 heavy (non-hydrogen) atoms. The molecular weight excluding hydrogens is 320 g/mol. The van der Waals surface area contributed by atoms with Gasteiger partial charge in [-0.25, -0.2) is 0 Å². The van der Waals surface area contributed by atoms with Crippen molar-refractivity contribution in [2.75, 3.05) is 11.4 Å². The zero-order valence-corrected chi connectivity index (χ0v) is 13.4. The summed E-state index contributed by atoms with van der Waals surface area (Å²) < 4.78 is 0. The molecule has 0 aliphatic carbocycles. The largest absolute Gasteiger partial charge is 0.368 e. The van der Waals surface area contributed by atoms with Crippen LogP contribution in [0.15, 0.2) is 18.2 Å². The number of alkyl halides is 1. The summed E-state index contributed by atoms with van der Waals surface area (Å²) in [6, 6.07) is 5.82. The van der Waals surface area contributed by atoms with E-state index in [1.165, 1.54) is 32.1 Å². The monoisotopic (exact) mass is 340 g/mol. The molecule has 0 radical (unpaired) electrons. The molecule has 110 valence electrons. The van der Waals surface area contributed by atoms with Crippen molar-refractivity contribution in [2.45, 2.75) is 50.4 Å². The van der Waals surface area contributed by atoms with Crippen LogP contribution in [0.5, 0.6) is 0 Å². The molecule has 0 aromatic heterocycles. The normalized spacial score (nSPS) is 19.1. The Morgan fingerprint density at radius 3 is 2.90 bits per heavy atom. The van der Waals surface area contributed by atoms with Gasteiger partial charge < -0.3 is 4.90 Å². The van der Waals surface area contributed by atoms with Gasteiger partial charge in [-0.15, -0.1) is 0 Å². The van der Waals surface area contributed by atoms with E-state index in [-0.39, 0.29) is 10.6 Å². The molecule has 1 aromatic rings. The predicted octanol–water partition coefficient (Wildman–Crippen LogP) is 4.65. The van der Waals surface area contributed by atoms with Gasteiger partial charge in [-0.1, -0.05) is 29.3 Å². The molecule has 1 atom stereocenters. The fraction of sp³-hybridized carbons (Fsp3) is 0.600. The molecule has 0 N–H and O–H groups in total. The summed E-state index contributed by atoms with van der Waals surface area (Å²) >= 11 is 3.47. The van der Waals surface area contributed by atoms with Gasteiger partial charge in [-0.05, 0) is 37.3 Å². The minimum atomic E-state index is -0.324. The summed E-state index contributed by atoms with van der Waals surface area (Å²) in [4.78, 5) is 13.0. The molecule has 0 spiro atoms. The maximum atomic E-state index is 10.9. The molecule has 1 heterocycles. The lowest BCUT2D eigenvalue weighted by atomic mass is 9.96. The first-order valence-corrected chi connectivity index (χ1v) is 8.39. The van der Waals surface area contributed by atoms with Crippen LogP contribution in [-0.4, -0.2) is 17.5 Å². The minimum Gasteiger partial charge on any atom is -0.368 e. The third-order valence-corrected chi connectivity index (χ3v) is 4.58. The van der Waals surface area contributed by atoms with Crippen molar-refractivity contribution in [1.82, 2.24) is 0 Å². The molecule has 1 unspecified atom stereocenters. The number of non-ortho nitro benzene ring substituents is 1. The van der Waals surface area contributed by atoms with E-state index in [0.29, 0.717) is 11.4 Å². The number of nitro groups is 1. The van der Waals surface area contributed by atoms with E-state index in [4.69, 9.17) is 0 Å². The molecule has 1 fully saturated rings. The number of hydrogen-bond acceptors (Lipinski definition) is 3. The van der Waals surface area contributed by atoms with E-state index in [9.17, 15) is 10.1 Å². The van der Waals surface area contributed by atoms with Gasteiger partial charge in [0.2, 0.25) is 0 Å². The number of nitro benzene ring substituents is 1. The molecule has 2 rings (SSSR count). The van der Waals surface area contributed by atoms with E-state index in [0.717, 1.165) is 17.8 Å². The van der Waals surface area contributed by atoms with Crippen LogP contribution in [0.1, 0.15) is 44.6 Å². The zero-order valence-electron chi connectivity index (χ0n) is 11.8. The molecular formula is C15H21BrN2O2. The molecule has 0 saturated carbocycles. The number of nitrogens with zero attached hydrogens (tertiary/aromatic N) is 2. The quantitative estimate of drug-likeness (QED) is 0.445. The predicted molar refractivity (Wildman–Crippen MR) is 85.6 cm³/mol. The van der Waals surface area contributed by atoms with Gasteiger partial charge in [0.1, 0.15) is 0 Å². The Morgan fingerprint density at radius 1 is 1.45 bits per heavy atom. The summed E-state index contributed by atoms with van der Waals surface area (Å²) in [5.41, 5.74) is 2.35. The van der Waals surface area contributed by atoms with Crippen LogP contribution in [0, 0.1) is 10.1 Å². The summed E-state index contributed by atoms with van der Waals surface area (Å²) in [7, 11) is 0. The number of rotatable bonds is 5. The van der Waals surface area contributed by atoms with Crippen LogP contribution in [0.3, 0.4) is 0 Å². The van der Waals surface area contributed by atoms with Crippen LogP contribution < -0.4 is 4.90 Å². The number of anilines is 1. The van der Waals surface area contributed by atoms with Gasteiger partial charge in [0.05, 0.1) is 4.92 Å². The number of halogens is 1.